The highest BCUT2D eigenvalue weighted by Crippen LogP contribution is 2.29. The molecule has 0 amide bonds. The highest BCUT2D eigenvalue weighted by molar-refractivity contribution is 5.55. The van der Waals surface area contributed by atoms with Gasteiger partial charge in [-0.25, -0.2) is 0 Å². The predicted molar refractivity (Wildman–Crippen MR) is 53.6 cm³/mol. The van der Waals surface area contributed by atoms with Gasteiger partial charge in [-0.2, -0.15) is 5.26 Å². The Morgan fingerprint density at radius 3 is 2.21 bits per heavy atom. The second-order valence-corrected chi connectivity index (χ2v) is 2.79. The van der Waals surface area contributed by atoms with Crippen molar-refractivity contribution in [2.24, 2.45) is 0 Å². The van der Waals surface area contributed by atoms with Crippen LogP contribution in [0.2, 0.25) is 0 Å². The summed E-state index contributed by atoms with van der Waals surface area (Å²) in [6, 6.07) is 5.70. The van der Waals surface area contributed by atoms with Crippen molar-refractivity contribution in [3.8, 4) is 17.6 Å². The summed E-state index contributed by atoms with van der Waals surface area (Å²) >= 11 is 0. The van der Waals surface area contributed by atoms with Gasteiger partial charge in [-0.3, -0.25) is 0 Å². The highest BCUT2D eigenvalue weighted by atomic mass is 16.5. The van der Waals surface area contributed by atoms with Crippen molar-refractivity contribution in [3.05, 3.63) is 23.3 Å². The quantitative estimate of drug-likeness (QED) is 0.735. The van der Waals surface area contributed by atoms with Crippen molar-refractivity contribution in [1.29, 1.82) is 5.26 Å². The molecule has 0 fully saturated rings. The molecule has 1 aromatic rings. The lowest BCUT2D eigenvalue weighted by atomic mass is 10.0. The van der Waals surface area contributed by atoms with E-state index < -0.39 is 0 Å². The molecule has 0 aromatic heterocycles. The Hall–Kier alpha value is -1.69. The molecule has 0 saturated carbocycles. The van der Waals surface area contributed by atoms with Crippen molar-refractivity contribution >= 4 is 0 Å². The Morgan fingerprint density at radius 1 is 1.21 bits per heavy atom. The van der Waals surface area contributed by atoms with E-state index in [9.17, 15) is 0 Å². The Balaban J connectivity index is 3.38. The maximum atomic E-state index is 9.00. The van der Waals surface area contributed by atoms with Crippen LogP contribution in [0.15, 0.2) is 12.1 Å². The molecule has 1 rings (SSSR count). The molecular weight excluding hydrogens is 178 g/mol. The number of rotatable bonds is 3. The molecule has 3 nitrogen and oxygen atoms in total. The second-order valence-electron chi connectivity index (χ2n) is 2.79. The summed E-state index contributed by atoms with van der Waals surface area (Å²) in [5.74, 6) is 1.34. The zero-order valence-electron chi connectivity index (χ0n) is 8.63. The van der Waals surface area contributed by atoms with E-state index in [4.69, 9.17) is 14.7 Å². The minimum atomic E-state index is 0.564. The van der Waals surface area contributed by atoms with E-state index in [-0.39, 0.29) is 0 Å². The molecule has 0 atom stereocenters. The van der Waals surface area contributed by atoms with E-state index in [0.717, 1.165) is 17.7 Å². The van der Waals surface area contributed by atoms with Crippen molar-refractivity contribution in [3.63, 3.8) is 0 Å². The van der Waals surface area contributed by atoms with Gasteiger partial charge in [0.2, 0.25) is 0 Å². The number of hydrogen-bond donors (Lipinski definition) is 0. The molecule has 3 heteroatoms. The summed E-state index contributed by atoms with van der Waals surface area (Å²) in [4.78, 5) is 0. The third kappa shape index (κ3) is 1.64. The number of benzene rings is 1. The van der Waals surface area contributed by atoms with Crippen molar-refractivity contribution in [2.45, 2.75) is 13.3 Å². The molecule has 0 N–H and O–H groups in total. The topological polar surface area (TPSA) is 42.2 Å². The summed E-state index contributed by atoms with van der Waals surface area (Å²) < 4.78 is 10.3. The molecule has 0 aliphatic heterocycles. The zero-order valence-corrected chi connectivity index (χ0v) is 8.63. The number of hydrogen-bond acceptors (Lipinski definition) is 3. The fourth-order valence-electron chi connectivity index (χ4n) is 1.44. The molecule has 0 heterocycles. The third-order valence-electron chi connectivity index (χ3n) is 2.14. The Morgan fingerprint density at radius 2 is 1.79 bits per heavy atom. The first-order chi connectivity index (χ1) is 6.78. The van der Waals surface area contributed by atoms with Crippen LogP contribution in [0.1, 0.15) is 18.1 Å². The fourth-order valence-corrected chi connectivity index (χ4v) is 1.44. The van der Waals surface area contributed by atoms with Crippen LogP contribution in [0.25, 0.3) is 0 Å². The number of nitrogens with zero attached hydrogens (tertiary/aromatic N) is 1. The average molecular weight is 191 g/mol. The summed E-state index contributed by atoms with van der Waals surface area (Å²) in [7, 11) is 3.16. The molecular formula is C11H13NO2. The van der Waals surface area contributed by atoms with Crippen LogP contribution in [0.5, 0.6) is 11.5 Å². The normalized spacial score (nSPS) is 9.29. The van der Waals surface area contributed by atoms with Crippen LogP contribution in [-0.4, -0.2) is 14.2 Å². The van der Waals surface area contributed by atoms with Gasteiger partial charge in [-0.1, -0.05) is 6.92 Å². The predicted octanol–water partition coefficient (Wildman–Crippen LogP) is 2.14. The third-order valence-corrected chi connectivity index (χ3v) is 2.14. The van der Waals surface area contributed by atoms with Crippen LogP contribution < -0.4 is 9.47 Å². The zero-order chi connectivity index (χ0) is 10.6. The van der Waals surface area contributed by atoms with Crippen molar-refractivity contribution in [1.82, 2.24) is 0 Å². The summed E-state index contributed by atoms with van der Waals surface area (Å²) in [6.07, 6.45) is 0.753. The van der Waals surface area contributed by atoms with Gasteiger partial charge < -0.3 is 9.47 Å². The van der Waals surface area contributed by atoms with E-state index >= 15 is 0 Å². The van der Waals surface area contributed by atoms with E-state index in [1.54, 1.807) is 20.3 Å². The van der Waals surface area contributed by atoms with Gasteiger partial charge in [0.25, 0.3) is 0 Å². The molecule has 0 bridgehead atoms. The maximum absolute atomic E-state index is 9.00. The van der Waals surface area contributed by atoms with Crippen LogP contribution in [0.4, 0.5) is 0 Å². The lowest BCUT2D eigenvalue weighted by Crippen LogP contribution is -1.97. The Bertz CT molecular complexity index is 366. The fraction of sp³-hybridized carbons (Fsp3) is 0.364. The van der Waals surface area contributed by atoms with E-state index in [0.29, 0.717) is 11.3 Å². The average Bonchev–Trinajstić information content (AvgIpc) is 2.26. The summed E-state index contributed by atoms with van der Waals surface area (Å²) in [5, 5.41) is 9.00. The Labute approximate surface area is 83.9 Å². The maximum Gasteiger partial charge on any atom is 0.137 e. The first-order valence-corrected chi connectivity index (χ1v) is 4.42. The van der Waals surface area contributed by atoms with Crippen molar-refractivity contribution < 1.29 is 9.47 Å². The molecule has 0 aliphatic rings. The van der Waals surface area contributed by atoms with Crippen molar-refractivity contribution in [2.75, 3.05) is 14.2 Å². The molecule has 1 aromatic carbocycles. The first-order valence-electron chi connectivity index (χ1n) is 4.42. The number of nitriles is 1. The van der Waals surface area contributed by atoms with Crippen LogP contribution in [0.3, 0.4) is 0 Å². The van der Waals surface area contributed by atoms with Gasteiger partial charge >= 0.3 is 0 Å². The Kier molecular flexibility index (Phi) is 3.35. The molecule has 0 radical (unpaired) electrons. The molecule has 0 aliphatic carbocycles. The van der Waals surface area contributed by atoms with Gasteiger partial charge in [-0.05, 0) is 18.6 Å². The standard InChI is InChI=1S/C11H13NO2/c1-4-8-9(7-12)11(14-3)6-5-10(8)13-2/h5-6H,4H2,1-3H3. The van der Waals surface area contributed by atoms with Crippen LogP contribution in [-0.2, 0) is 6.42 Å². The highest BCUT2D eigenvalue weighted by Gasteiger charge is 2.12. The molecule has 74 valence electrons. The minimum Gasteiger partial charge on any atom is -0.496 e. The van der Waals surface area contributed by atoms with Crippen LogP contribution >= 0.6 is 0 Å². The molecule has 14 heavy (non-hydrogen) atoms. The van der Waals surface area contributed by atoms with Gasteiger partial charge in [0.1, 0.15) is 23.1 Å². The molecule has 0 saturated heterocycles. The van der Waals surface area contributed by atoms with Gasteiger partial charge in [-0.15, -0.1) is 0 Å². The minimum absolute atomic E-state index is 0.564. The molecule has 0 unspecified atom stereocenters. The van der Waals surface area contributed by atoms with Crippen LogP contribution in [0, 0.1) is 11.3 Å². The first kappa shape index (κ1) is 10.4. The monoisotopic (exact) mass is 191 g/mol. The SMILES string of the molecule is CCc1c(OC)ccc(OC)c1C#N. The largest absolute Gasteiger partial charge is 0.496 e. The lowest BCUT2D eigenvalue weighted by molar-refractivity contribution is 0.398. The summed E-state index contributed by atoms with van der Waals surface area (Å²) in [6.45, 7) is 1.98. The van der Waals surface area contributed by atoms with Gasteiger partial charge in [0.05, 0.1) is 14.2 Å². The van der Waals surface area contributed by atoms with E-state index in [1.807, 2.05) is 13.0 Å². The summed E-state index contributed by atoms with van der Waals surface area (Å²) in [5.41, 5.74) is 1.46. The lowest BCUT2D eigenvalue weighted by Gasteiger charge is -2.11. The second kappa shape index (κ2) is 4.52. The number of ether oxygens (including phenoxy) is 2. The number of methoxy groups -OCH3 is 2. The van der Waals surface area contributed by atoms with Gasteiger partial charge in [0, 0.05) is 5.56 Å². The molecule has 0 spiro atoms. The van der Waals surface area contributed by atoms with E-state index in [1.165, 1.54) is 0 Å². The van der Waals surface area contributed by atoms with Gasteiger partial charge in [0.15, 0.2) is 0 Å². The van der Waals surface area contributed by atoms with E-state index in [2.05, 4.69) is 6.07 Å². The smallest absolute Gasteiger partial charge is 0.137 e.